The number of rotatable bonds is 6. The van der Waals surface area contributed by atoms with E-state index in [1.54, 1.807) is 0 Å². The molecule has 1 rings (SSSR count). The number of piperidine rings is 1. The van der Waals surface area contributed by atoms with E-state index in [9.17, 15) is 0 Å². The number of hydrogen-bond donors (Lipinski definition) is 1. The van der Waals surface area contributed by atoms with Crippen molar-refractivity contribution < 1.29 is 4.74 Å². The molecular weight excluding hydrogens is 224 g/mol. The molecule has 0 atom stereocenters. The summed E-state index contributed by atoms with van der Waals surface area (Å²) in [7, 11) is 2.04. The Morgan fingerprint density at radius 1 is 1.31 bits per heavy atom. The fraction of sp³-hybridized carbons (Fsp3) is 1.00. The zero-order valence-electron chi connectivity index (χ0n) is 10.9. The zero-order valence-corrected chi connectivity index (χ0v) is 11.7. The van der Waals surface area contributed by atoms with Gasteiger partial charge in [-0.15, -0.1) is 12.4 Å². The predicted molar refractivity (Wildman–Crippen MR) is 71.4 cm³/mol. The fourth-order valence-electron chi connectivity index (χ4n) is 2.12. The van der Waals surface area contributed by atoms with E-state index in [2.05, 4.69) is 24.1 Å². The molecule has 0 saturated carbocycles. The summed E-state index contributed by atoms with van der Waals surface area (Å²) in [6.45, 7) is 9.84. The molecule has 1 heterocycles. The van der Waals surface area contributed by atoms with Crippen molar-refractivity contribution in [1.82, 2.24) is 10.2 Å². The average Bonchev–Trinajstić information content (AvgIpc) is 2.20. The lowest BCUT2D eigenvalue weighted by molar-refractivity contribution is 0.0509. The lowest BCUT2D eigenvalue weighted by atomic mass is 9.97. The van der Waals surface area contributed by atoms with Crippen molar-refractivity contribution in [1.29, 1.82) is 0 Å². The molecule has 0 amide bonds. The summed E-state index contributed by atoms with van der Waals surface area (Å²) in [5.74, 6) is 0.886. The van der Waals surface area contributed by atoms with Gasteiger partial charge in [0.05, 0.1) is 12.7 Å². The summed E-state index contributed by atoms with van der Waals surface area (Å²) in [6, 6.07) is 0. The lowest BCUT2D eigenvalue weighted by Gasteiger charge is -2.31. The van der Waals surface area contributed by atoms with Gasteiger partial charge in [-0.2, -0.15) is 0 Å². The largest absolute Gasteiger partial charge is 0.377 e. The van der Waals surface area contributed by atoms with Crippen LogP contribution >= 0.6 is 12.4 Å². The summed E-state index contributed by atoms with van der Waals surface area (Å²) in [5, 5.41) is 3.27. The minimum Gasteiger partial charge on any atom is -0.377 e. The highest BCUT2D eigenvalue weighted by Gasteiger charge is 2.17. The molecule has 0 unspecified atom stereocenters. The minimum absolute atomic E-state index is 0. The Morgan fingerprint density at radius 3 is 2.44 bits per heavy atom. The lowest BCUT2D eigenvalue weighted by Crippen LogP contribution is -2.38. The monoisotopic (exact) mass is 250 g/mol. The van der Waals surface area contributed by atoms with Crippen LogP contribution in [0.25, 0.3) is 0 Å². The van der Waals surface area contributed by atoms with Gasteiger partial charge >= 0.3 is 0 Å². The normalized spacial score (nSPS) is 18.8. The molecule has 1 aliphatic rings. The third kappa shape index (κ3) is 6.69. The van der Waals surface area contributed by atoms with Crippen LogP contribution in [0.2, 0.25) is 0 Å². The second-order valence-corrected chi connectivity index (χ2v) is 4.76. The van der Waals surface area contributed by atoms with Crippen molar-refractivity contribution in [3.05, 3.63) is 0 Å². The van der Waals surface area contributed by atoms with Crippen LogP contribution in [0.4, 0.5) is 0 Å². The maximum Gasteiger partial charge on any atom is 0.0596 e. The summed E-state index contributed by atoms with van der Waals surface area (Å²) in [5.41, 5.74) is 0. The molecule has 0 spiro atoms. The number of hydrogen-bond acceptors (Lipinski definition) is 3. The molecule has 1 fully saturated rings. The van der Waals surface area contributed by atoms with Crippen molar-refractivity contribution in [3.8, 4) is 0 Å². The van der Waals surface area contributed by atoms with E-state index in [1.165, 1.54) is 32.5 Å². The molecule has 0 aliphatic carbocycles. The first kappa shape index (κ1) is 16.2. The van der Waals surface area contributed by atoms with Gasteiger partial charge in [0.15, 0.2) is 0 Å². The highest BCUT2D eigenvalue weighted by atomic mass is 35.5. The number of halogens is 1. The summed E-state index contributed by atoms with van der Waals surface area (Å²) < 4.78 is 5.56. The second kappa shape index (κ2) is 9.23. The van der Waals surface area contributed by atoms with E-state index in [0.29, 0.717) is 6.10 Å². The molecule has 0 aromatic rings. The molecule has 98 valence electrons. The van der Waals surface area contributed by atoms with Crippen LogP contribution in [-0.4, -0.2) is 50.8 Å². The van der Waals surface area contributed by atoms with E-state index < -0.39 is 0 Å². The highest BCUT2D eigenvalue weighted by Crippen LogP contribution is 2.15. The smallest absolute Gasteiger partial charge is 0.0596 e. The number of likely N-dealkylation sites (tertiary alicyclic amines) is 1. The van der Waals surface area contributed by atoms with Crippen LogP contribution in [0.1, 0.15) is 26.7 Å². The van der Waals surface area contributed by atoms with Gasteiger partial charge in [-0.05, 0) is 59.3 Å². The molecule has 0 aromatic carbocycles. The Labute approximate surface area is 106 Å². The van der Waals surface area contributed by atoms with Gasteiger partial charge in [-0.25, -0.2) is 0 Å². The maximum absolute atomic E-state index is 5.56. The fourth-order valence-corrected chi connectivity index (χ4v) is 2.12. The van der Waals surface area contributed by atoms with E-state index in [0.717, 1.165) is 19.1 Å². The van der Waals surface area contributed by atoms with Crippen LogP contribution in [-0.2, 0) is 4.74 Å². The summed E-state index contributed by atoms with van der Waals surface area (Å²) in [4.78, 5) is 2.52. The van der Waals surface area contributed by atoms with E-state index >= 15 is 0 Å². The molecule has 1 aliphatic heterocycles. The van der Waals surface area contributed by atoms with Gasteiger partial charge in [0.2, 0.25) is 0 Å². The molecule has 1 saturated heterocycles. The standard InChI is InChI=1S/C12H26N2O.ClH/c1-11(2)15-9-8-14-6-4-12(5-7-14)10-13-3;/h11-13H,4-10H2,1-3H3;1H. The van der Waals surface area contributed by atoms with Gasteiger partial charge in [-0.1, -0.05) is 0 Å². The third-order valence-electron chi connectivity index (χ3n) is 3.06. The molecule has 1 N–H and O–H groups in total. The molecule has 0 bridgehead atoms. The maximum atomic E-state index is 5.56. The molecule has 3 nitrogen and oxygen atoms in total. The SMILES string of the molecule is CNCC1CCN(CCOC(C)C)CC1.Cl. The molecule has 16 heavy (non-hydrogen) atoms. The van der Waals surface area contributed by atoms with Crippen molar-refractivity contribution in [2.45, 2.75) is 32.8 Å². The Hall–Kier alpha value is 0.170. The molecule has 0 radical (unpaired) electrons. The van der Waals surface area contributed by atoms with Gasteiger partial charge in [-0.3, -0.25) is 0 Å². The highest BCUT2D eigenvalue weighted by molar-refractivity contribution is 5.85. The number of ether oxygens (including phenoxy) is 1. The average molecular weight is 251 g/mol. The van der Waals surface area contributed by atoms with Gasteiger partial charge in [0, 0.05) is 6.54 Å². The van der Waals surface area contributed by atoms with Crippen LogP contribution in [0.15, 0.2) is 0 Å². The molecule has 0 aromatic heterocycles. The second-order valence-electron chi connectivity index (χ2n) is 4.76. The quantitative estimate of drug-likeness (QED) is 0.778. The van der Waals surface area contributed by atoms with Crippen LogP contribution < -0.4 is 5.32 Å². The molecular formula is C12H27ClN2O. The Bertz CT molecular complexity index is 159. The van der Waals surface area contributed by atoms with Gasteiger partial charge < -0.3 is 15.0 Å². The first-order valence-electron chi connectivity index (χ1n) is 6.21. The summed E-state index contributed by atoms with van der Waals surface area (Å²) >= 11 is 0. The first-order chi connectivity index (χ1) is 7.22. The number of nitrogens with zero attached hydrogens (tertiary/aromatic N) is 1. The predicted octanol–water partition coefficient (Wildman–Crippen LogP) is 1.76. The first-order valence-corrected chi connectivity index (χ1v) is 6.21. The Morgan fingerprint density at radius 2 is 1.94 bits per heavy atom. The topological polar surface area (TPSA) is 24.5 Å². The van der Waals surface area contributed by atoms with Crippen molar-refractivity contribution in [2.24, 2.45) is 5.92 Å². The molecule has 4 heteroatoms. The van der Waals surface area contributed by atoms with Crippen LogP contribution in [0.3, 0.4) is 0 Å². The Balaban J connectivity index is 0.00000225. The van der Waals surface area contributed by atoms with Crippen molar-refractivity contribution >= 4 is 12.4 Å². The number of nitrogens with one attached hydrogen (secondary N) is 1. The third-order valence-corrected chi connectivity index (χ3v) is 3.06. The summed E-state index contributed by atoms with van der Waals surface area (Å²) in [6.07, 6.45) is 3.04. The van der Waals surface area contributed by atoms with E-state index in [4.69, 9.17) is 4.74 Å². The van der Waals surface area contributed by atoms with Crippen LogP contribution in [0.5, 0.6) is 0 Å². The van der Waals surface area contributed by atoms with E-state index in [1.807, 2.05) is 7.05 Å². The van der Waals surface area contributed by atoms with Gasteiger partial charge in [0.25, 0.3) is 0 Å². The van der Waals surface area contributed by atoms with Gasteiger partial charge in [0.1, 0.15) is 0 Å². The van der Waals surface area contributed by atoms with Crippen LogP contribution in [0, 0.1) is 5.92 Å². The van der Waals surface area contributed by atoms with E-state index in [-0.39, 0.29) is 12.4 Å². The zero-order chi connectivity index (χ0) is 11.1. The minimum atomic E-state index is 0. The van der Waals surface area contributed by atoms with Crippen molar-refractivity contribution in [2.75, 3.05) is 39.8 Å². The Kier molecular flexibility index (Phi) is 9.32. The van der Waals surface area contributed by atoms with Crippen molar-refractivity contribution in [3.63, 3.8) is 0 Å².